The number of ether oxygens (including phenoxy) is 1. The summed E-state index contributed by atoms with van der Waals surface area (Å²) in [6.45, 7) is 5.62. The zero-order valence-corrected chi connectivity index (χ0v) is 11.9. The maximum atomic E-state index is 10.8. The van der Waals surface area contributed by atoms with E-state index >= 15 is 0 Å². The molecular weight excluding hydrogens is 242 g/mol. The molecule has 1 fully saturated rings. The van der Waals surface area contributed by atoms with Crippen molar-refractivity contribution < 1.29 is 14.6 Å². The van der Waals surface area contributed by atoms with Gasteiger partial charge in [0.2, 0.25) is 0 Å². The molecule has 0 radical (unpaired) electrons. The molecular formula is C15H23NO3. The Morgan fingerprint density at radius 2 is 1.74 bits per heavy atom. The van der Waals surface area contributed by atoms with Gasteiger partial charge in [-0.1, -0.05) is 13.8 Å². The van der Waals surface area contributed by atoms with Gasteiger partial charge in [0, 0.05) is 18.8 Å². The lowest BCUT2D eigenvalue weighted by molar-refractivity contribution is -0.142. The van der Waals surface area contributed by atoms with Crippen molar-refractivity contribution in [2.24, 2.45) is 5.92 Å². The van der Waals surface area contributed by atoms with Crippen LogP contribution in [0.3, 0.4) is 0 Å². The van der Waals surface area contributed by atoms with E-state index in [0.29, 0.717) is 0 Å². The fourth-order valence-corrected chi connectivity index (χ4v) is 2.18. The van der Waals surface area contributed by atoms with E-state index < -0.39 is 5.97 Å². The van der Waals surface area contributed by atoms with Crippen molar-refractivity contribution in [3.8, 4) is 5.75 Å². The number of nitrogens with zero attached hydrogens (tertiary/aromatic N) is 1. The van der Waals surface area contributed by atoms with Crippen molar-refractivity contribution in [1.82, 2.24) is 0 Å². The summed E-state index contributed by atoms with van der Waals surface area (Å²) in [5.41, 5.74) is 1.13. The maximum Gasteiger partial charge on any atom is 0.306 e. The predicted octanol–water partition coefficient (Wildman–Crippen LogP) is 3.02. The predicted molar refractivity (Wildman–Crippen MR) is 76.9 cm³/mol. The molecule has 0 aliphatic carbocycles. The largest absolute Gasteiger partial charge is 0.497 e. The van der Waals surface area contributed by atoms with Gasteiger partial charge >= 0.3 is 5.97 Å². The van der Waals surface area contributed by atoms with E-state index in [1.807, 2.05) is 38.1 Å². The molecule has 0 bridgehead atoms. The van der Waals surface area contributed by atoms with Gasteiger partial charge in [-0.05, 0) is 37.1 Å². The van der Waals surface area contributed by atoms with Crippen molar-refractivity contribution in [3.05, 3.63) is 24.3 Å². The minimum Gasteiger partial charge on any atom is -0.497 e. The van der Waals surface area contributed by atoms with Gasteiger partial charge in [-0.15, -0.1) is 0 Å². The van der Waals surface area contributed by atoms with E-state index in [1.54, 1.807) is 7.11 Å². The standard InChI is InChI=1S/C13H17NO3.C2H6/c1-17-12-4-2-11(3-5-12)14-8-6-10(7-9-14)13(15)16;1-2/h2-5,10H,6-9H2,1H3,(H,15,16);1-2H3. The van der Waals surface area contributed by atoms with Gasteiger partial charge in [0.25, 0.3) is 0 Å². The topological polar surface area (TPSA) is 49.8 Å². The number of methoxy groups -OCH3 is 1. The SMILES string of the molecule is CC.COc1ccc(N2CCC(C(=O)O)CC2)cc1. The Labute approximate surface area is 115 Å². The lowest BCUT2D eigenvalue weighted by Crippen LogP contribution is -2.36. The summed E-state index contributed by atoms with van der Waals surface area (Å²) in [5.74, 6) is -0.00180. The van der Waals surface area contributed by atoms with Crippen LogP contribution in [0.4, 0.5) is 5.69 Å². The van der Waals surface area contributed by atoms with Crippen LogP contribution in [0, 0.1) is 5.92 Å². The molecule has 0 saturated carbocycles. The van der Waals surface area contributed by atoms with Crippen LogP contribution in [0.1, 0.15) is 26.7 Å². The molecule has 1 aliphatic heterocycles. The Bertz CT molecular complexity index is 381. The maximum absolute atomic E-state index is 10.8. The zero-order valence-electron chi connectivity index (χ0n) is 11.9. The van der Waals surface area contributed by atoms with Gasteiger partial charge < -0.3 is 14.7 Å². The molecule has 0 aromatic heterocycles. The zero-order chi connectivity index (χ0) is 14.3. The second kappa shape index (κ2) is 7.67. The van der Waals surface area contributed by atoms with E-state index in [-0.39, 0.29) is 5.92 Å². The van der Waals surface area contributed by atoms with Gasteiger partial charge in [0.15, 0.2) is 0 Å². The van der Waals surface area contributed by atoms with Crippen LogP contribution in [-0.4, -0.2) is 31.3 Å². The summed E-state index contributed by atoms with van der Waals surface area (Å²) in [5, 5.41) is 8.93. The highest BCUT2D eigenvalue weighted by molar-refractivity contribution is 5.70. The molecule has 0 unspecified atom stereocenters. The Balaban J connectivity index is 0.000000861. The van der Waals surface area contributed by atoms with Crippen LogP contribution in [-0.2, 0) is 4.79 Å². The number of piperidine rings is 1. The number of hydrogen-bond acceptors (Lipinski definition) is 3. The molecule has 19 heavy (non-hydrogen) atoms. The van der Waals surface area contributed by atoms with Crippen molar-refractivity contribution in [3.63, 3.8) is 0 Å². The highest BCUT2D eigenvalue weighted by atomic mass is 16.5. The molecule has 106 valence electrons. The molecule has 1 aromatic carbocycles. The van der Waals surface area contributed by atoms with Crippen LogP contribution in [0.25, 0.3) is 0 Å². The molecule has 4 heteroatoms. The first-order chi connectivity index (χ1) is 9.20. The molecule has 4 nitrogen and oxygen atoms in total. The third-order valence-corrected chi connectivity index (χ3v) is 3.28. The van der Waals surface area contributed by atoms with Gasteiger partial charge in [0.1, 0.15) is 5.75 Å². The Morgan fingerprint density at radius 1 is 1.21 bits per heavy atom. The fourth-order valence-electron chi connectivity index (χ4n) is 2.18. The second-order valence-electron chi connectivity index (χ2n) is 4.30. The highest BCUT2D eigenvalue weighted by Crippen LogP contribution is 2.25. The second-order valence-corrected chi connectivity index (χ2v) is 4.30. The van der Waals surface area contributed by atoms with Crippen LogP contribution in [0.5, 0.6) is 5.75 Å². The van der Waals surface area contributed by atoms with Gasteiger partial charge in [-0.25, -0.2) is 0 Å². The number of carbonyl (C=O) groups is 1. The summed E-state index contributed by atoms with van der Waals surface area (Å²) >= 11 is 0. The number of rotatable bonds is 3. The van der Waals surface area contributed by atoms with Crippen molar-refractivity contribution >= 4 is 11.7 Å². The minimum atomic E-state index is -0.667. The van der Waals surface area contributed by atoms with Crippen LogP contribution >= 0.6 is 0 Å². The van der Waals surface area contributed by atoms with Gasteiger partial charge in [0.05, 0.1) is 13.0 Å². The van der Waals surface area contributed by atoms with Crippen molar-refractivity contribution in [2.75, 3.05) is 25.1 Å². The van der Waals surface area contributed by atoms with E-state index in [9.17, 15) is 4.79 Å². The van der Waals surface area contributed by atoms with Crippen molar-refractivity contribution in [2.45, 2.75) is 26.7 Å². The normalized spacial score (nSPS) is 15.4. The Kier molecular flexibility index (Phi) is 6.19. The Morgan fingerprint density at radius 3 is 2.16 bits per heavy atom. The molecule has 2 rings (SSSR count). The summed E-state index contributed by atoms with van der Waals surface area (Å²) < 4.78 is 5.11. The number of carboxylic acids is 1. The average molecular weight is 265 g/mol. The minimum absolute atomic E-state index is 0.176. The van der Waals surface area contributed by atoms with Crippen LogP contribution in [0.2, 0.25) is 0 Å². The number of benzene rings is 1. The monoisotopic (exact) mass is 265 g/mol. The quantitative estimate of drug-likeness (QED) is 0.912. The van der Waals surface area contributed by atoms with E-state index in [1.165, 1.54) is 0 Å². The third-order valence-electron chi connectivity index (χ3n) is 3.28. The molecule has 1 saturated heterocycles. The molecule has 1 heterocycles. The lowest BCUT2D eigenvalue weighted by Gasteiger charge is -2.31. The van der Waals surface area contributed by atoms with Crippen LogP contribution < -0.4 is 9.64 Å². The van der Waals surface area contributed by atoms with Crippen molar-refractivity contribution in [1.29, 1.82) is 0 Å². The number of aliphatic carboxylic acids is 1. The third kappa shape index (κ3) is 4.16. The summed E-state index contributed by atoms with van der Waals surface area (Å²) in [4.78, 5) is 13.1. The first-order valence-corrected chi connectivity index (χ1v) is 6.82. The molecule has 0 amide bonds. The van der Waals surface area contributed by atoms with E-state index in [0.717, 1.165) is 37.4 Å². The first kappa shape index (κ1) is 15.3. The molecule has 1 N–H and O–H groups in total. The summed E-state index contributed by atoms with van der Waals surface area (Å²) in [6.07, 6.45) is 1.45. The van der Waals surface area contributed by atoms with Gasteiger partial charge in [-0.2, -0.15) is 0 Å². The highest BCUT2D eigenvalue weighted by Gasteiger charge is 2.24. The number of hydrogen-bond donors (Lipinski definition) is 1. The fraction of sp³-hybridized carbons (Fsp3) is 0.533. The molecule has 1 aliphatic rings. The van der Waals surface area contributed by atoms with E-state index in [4.69, 9.17) is 9.84 Å². The summed E-state index contributed by atoms with van der Waals surface area (Å²) in [7, 11) is 1.65. The number of anilines is 1. The summed E-state index contributed by atoms with van der Waals surface area (Å²) in [6, 6.07) is 7.89. The smallest absolute Gasteiger partial charge is 0.306 e. The molecule has 0 spiro atoms. The van der Waals surface area contributed by atoms with E-state index in [2.05, 4.69) is 4.90 Å². The average Bonchev–Trinajstić information content (AvgIpc) is 2.49. The van der Waals surface area contributed by atoms with Crippen LogP contribution in [0.15, 0.2) is 24.3 Å². The molecule has 1 aromatic rings. The first-order valence-electron chi connectivity index (χ1n) is 6.82. The molecule has 0 atom stereocenters. The Hall–Kier alpha value is -1.71. The number of carboxylic acid groups (broad SMARTS) is 1. The van der Waals surface area contributed by atoms with Gasteiger partial charge in [-0.3, -0.25) is 4.79 Å². The lowest BCUT2D eigenvalue weighted by atomic mass is 9.97.